The maximum absolute atomic E-state index is 12.7. The van der Waals surface area contributed by atoms with E-state index in [2.05, 4.69) is 10.2 Å². The third-order valence-corrected chi connectivity index (χ3v) is 2.81. The summed E-state index contributed by atoms with van der Waals surface area (Å²) in [6.07, 6.45) is 0. The fraction of sp³-hybridized carbons (Fsp3) is 0.200. The molecule has 1 aromatic heterocycles. The van der Waals surface area contributed by atoms with Crippen molar-refractivity contribution in [3.63, 3.8) is 0 Å². The van der Waals surface area contributed by atoms with Crippen molar-refractivity contribution in [3.8, 4) is 0 Å². The lowest BCUT2D eigenvalue weighted by Crippen LogP contribution is -2.16. The molecule has 2 aromatic rings. The monoisotopic (exact) mass is 223 g/mol. The first kappa shape index (κ1) is 10.0. The van der Waals surface area contributed by atoms with E-state index in [9.17, 15) is 4.39 Å². The molecule has 78 valence electrons. The molecule has 0 atom stereocenters. The van der Waals surface area contributed by atoms with Crippen molar-refractivity contribution in [2.75, 3.05) is 11.9 Å². The van der Waals surface area contributed by atoms with Crippen LogP contribution in [-0.2, 0) is 6.54 Å². The van der Waals surface area contributed by atoms with E-state index >= 15 is 0 Å². The van der Waals surface area contributed by atoms with Gasteiger partial charge < -0.3 is 4.90 Å². The standard InChI is InChI=1S/C10H10FN3S/c1-14(10-13-12-7-15-10)6-8-2-4-9(11)5-3-8/h2-5,7H,6H2,1H3. The maximum atomic E-state index is 12.7. The van der Waals surface area contributed by atoms with Crippen LogP contribution in [0.5, 0.6) is 0 Å². The number of hydrogen-bond acceptors (Lipinski definition) is 4. The van der Waals surface area contributed by atoms with Gasteiger partial charge in [-0.1, -0.05) is 23.5 Å². The number of anilines is 1. The van der Waals surface area contributed by atoms with Gasteiger partial charge in [0.2, 0.25) is 5.13 Å². The largest absolute Gasteiger partial charge is 0.345 e. The van der Waals surface area contributed by atoms with Gasteiger partial charge in [0.05, 0.1) is 0 Å². The van der Waals surface area contributed by atoms with Crippen LogP contribution in [0.2, 0.25) is 0 Å². The summed E-state index contributed by atoms with van der Waals surface area (Å²) < 4.78 is 12.7. The molecule has 5 heteroatoms. The van der Waals surface area contributed by atoms with Gasteiger partial charge in [-0.25, -0.2) is 4.39 Å². The molecule has 0 fully saturated rings. The highest BCUT2D eigenvalue weighted by molar-refractivity contribution is 7.13. The average Bonchev–Trinajstić information content (AvgIpc) is 2.74. The Labute approximate surface area is 91.2 Å². The van der Waals surface area contributed by atoms with E-state index in [1.807, 2.05) is 11.9 Å². The molecule has 0 aliphatic carbocycles. The molecule has 0 aliphatic rings. The fourth-order valence-corrected chi connectivity index (χ4v) is 1.79. The summed E-state index contributed by atoms with van der Waals surface area (Å²) >= 11 is 1.48. The summed E-state index contributed by atoms with van der Waals surface area (Å²) in [5.74, 6) is -0.211. The molecule has 3 nitrogen and oxygen atoms in total. The molecule has 0 N–H and O–H groups in total. The van der Waals surface area contributed by atoms with Gasteiger partial charge in [-0.05, 0) is 17.7 Å². The summed E-state index contributed by atoms with van der Waals surface area (Å²) in [6.45, 7) is 0.704. The Hall–Kier alpha value is -1.49. The number of nitrogens with zero attached hydrogens (tertiary/aromatic N) is 3. The third kappa shape index (κ3) is 2.50. The van der Waals surface area contributed by atoms with E-state index < -0.39 is 0 Å². The SMILES string of the molecule is CN(Cc1ccc(F)cc1)c1nncs1. The second-order valence-corrected chi connectivity index (χ2v) is 4.02. The predicted molar refractivity (Wildman–Crippen MR) is 58.4 cm³/mol. The summed E-state index contributed by atoms with van der Waals surface area (Å²) in [5, 5.41) is 8.58. The number of aromatic nitrogens is 2. The Balaban J connectivity index is 2.06. The molecule has 1 aromatic carbocycles. The Bertz CT molecular complexity index is 413. The molecule has 0 spiro atoms. The Kier molecular flexibility index (Phi) is 2.91. The van der Waals surface area contributed by atoms with Gasteiger partial charge in [0.1, 0.15) is 11.3 Å². The van der Waals surface area contributed by atoms with Crippen LogP contribution >= 0.6 is 11.3 Å². The zero-order valence-electron chi connectivity index (χ0n) is 8.22. The molecule has 15 heavy (non-hydrogen) atoms. The lowest BCUT2D eigenvalue weighted by atomic mass is 10.2. The lowest BCUT2D eigenvalue weighted by molar-refractivity contribution is 0.627. The first-order valence-electron chi connectivity index (χ1n) is 4.47. The zero-order valence-corrected chi connectivity index (χ0v) is 9.04. The van der Waals surface area contributed by atoms with Gasteiger partial charge in [-0.2, -0.15) is 0 Å². The molecule has 0 bridgehead atoms. The molecule has 0 saturated carbocycles. The van der Waals surface area contributed by atoms with E-state index in [1.165, 1.54) is 23.5 Å². The van der Waals surface area contributed by atoms with Crippen LogP contribution in [0.25, 0.3) is 0 Å². The minimum absolute atomic E-state index is 0.211. The van der Waals surface area contributed by atoms with Gasteiger partial charge >= 0.3 is 0 Å². The van der Waals surface area contributed by atoms with Crippen molar-refractivity contribution in [3.05, 3.63) is 41.2 Å². The quantitative estimate of drug-likeness (QED) is 0.799. The second-order valence-electron chi connectivity index (χ2n) is 3.20. The zero-order chi connectivity index (χ0) is 10.7. The van der Waals surface area contributed by atoms with Crippen molar-refractivity contribution >= 4 is 16.5 Å². The topological polar surface area (TPSA) is 29.0 Å². The summed E-state index contributed by atoms with van der Waals surface area (Å²) in [6, 6.07) is 6.46. The van der Waals surface area contributed by atoms with Crippen LogP contribution in [0.15, 0.2) is 29.8 Å². The predicted octanol–water partition coefficient (Wildman–Crippen LogP) is 2.31. The van der Waals surface area contributed by atoms with Gasteiger partial charge in [0.15, 0.2) is 0 Å². The smallest absolute Gasteiger partial charge is 0.208 e. The van der Waals surface area contributed by atoms with E-state index in [-0.39, 0.29) is 5.82 Å². The maximum Gasteiger partial charge on any atom is 0.208 e. The molecule has 2 rings (SSSR count). The lowest BCUT2D eigenvalue weighted by Gasteiger charge is -2.14. The highest BCUT2D eigenvalue weighted by Crippen LogP contribution is 2.16. The van der Waals surface area contributed by atoms with Crippen molar-refractivity contribution in [2.45, 2.75) is 6.54 Å². The molecule has 1 heterocycles. The summed E-state index contributed by atoms with van der Waals surface area (Å²) in [7, 11) is 1.93. The molecule has 0 radical (unpaired) electrons. The van der Waals surface area contributed by atoms with Crippen LogP contribution in [0.1, 0.15) is 5.56 Å². The van der Waals surface area contributed by atoms with Gasteiger partial charge in [-0.15, -0.1) is 10.2 Å². The van der Waals surface area contributed by atoms with Crippen LogP contribution in [0.4, 0.5) is 9.52 Å². The number of rotatable bonds is 3. The highest BCUT2D eigenvalue weighted by Gasteiger charge is 2.04. The first-order valence-corrected chi connectivity index (χ1v) is 5.35. The van der Waals surface area contributed by atoms with Crippen molar-refractivity contribution < 1.29 is 4.39 Å². The summed E-state index contributed by atoms with van der Waals surface area (Å²) in [5.41, 5.74) is 2.74. The van der Waals surface area contributed by atoms with E-state index in [1.54, 1.807) is 17.6 Å². The van der Waals surface area contributed by atoms with Crippen LogP contribution in [0, 0.1) is 5.82 Å². The molecule has 0 saturated heterocycles. The van der Waals surface area contributed by atoms with E-state index in [0.29, 0.717) is 6.54 Å². The van der Waals surface area contributed by atoms with Gasteiger partial charge in [0.25, 0.3) is 0 Å². The number of halogens is 1. The van der Waals surface area contributed by atoms with Crippen LogP contribution in [-0.4, -0.2) is 17.2 Å². The van der Waals surface area contributed by atoms with Crippen LogP contribution in [0.3, 0.4) is 0 Å². The Morgan fingerprint density at radius 3 is 2.67 bits per heavy atom. The normalized spacial score (nSPS) is 10.3. The Morgan fingerprint density at radius 2 is 2.07 bits per heavy atom. The Morgan fingerprint density at radius 1 is 1.33 bits per heavy atom. The van der Waals surface area contributed by atoms with Crippen molar-refractivity contribution in [2.24, 2.45) is 0 Å². The molecule has 0 aliphatic heterocycles. The van der Waals surface area contributed by atoms with Gasteiger partial charge in [-0.3, -0.25) is 0 Å². The van der Waals surface area contributed by atoms with Crippen molar-refractivity contribution in [1.29, 1.82) is 0 Å². The third-order valence-electron chi connectivity index (χ3n) is 2.01. The number of benzene rings is 1. The highest BCUT2D eigenvalue weighted by atomic mass is 32.1. The first-order chi connectivity index (χ1) is 7.25. The average molecular weight is 223 g/mol. The minimum atomic E-state index is -0.211. The van der Waals surface area contributed by atoms with E-state index in [0.717, 1.165) is 10.7 Å². The molecular weight excluding hydrogens is 213 g/mol. The minimum Gasteiger partial charge on any atom is -0.345 e. The van der Waals surface area contributed by atoms with E-state index in [4.69, 9.17) is 0 Å². The molecular formula is C10H10FN3S. The molecule has 0 amide bonds. The van der Waals surface area contributed by atoms with Crippen LogP contribution < -0.4 is 4.90 Å². The second kappa shape index (κ2) is 4.35. The van der Waals surface area contributed by atoms with Crippen molar-refractivity contribution in [1.82, 2.24) is 10.2 Å². The summed E-state index contributed by atoms with van der Waals surface area (Å²) in [4.78, 5) is 1.98. The number of hydrogen-bond donors (Lipinski definition) is 0. The fourth-order valence-electron chi connectivity index (χ4n) is 1.26. The molecule has 0 unspecified atom stereocenters. The van der Waals surface area contributed by atoms with Gasteiger partial charge in [0, 0.05) is 13.6 Å².